The molecule has 29 heavy (non-hydrogen) atoms. The topological polar surface area (TPSA) is 119 Å². The molecular formula is C14H11ClF4N4O5S. The standard InChI is InChI=1S/C14H11ClF4N4O5S/c1-20-29(27,28)21-12(25)6-3-9(8(16)4-7(6)15)23-11(24)5-10(14(17,18)19)22(2)13(23)26/h3-5,20H,1-2H3,(H,21,25). The molecule has 15 heteroatoms. The number of alkyl halides is 3. The van der Waals surface area contributed by atoms with Crippen molar-refractivity contribution in [3.63, 3.8) is 0 Å². The van der Waals surface area contributed by atoms with Gasteiger partial charge in [-0.25, -0.2) is 23.2 Å². The summed E-state index contributed by atoms with van der Waals surface area (Å²) in [4.78, 5) is 36.5. The molecule has 0 saturated heterocycles. The van der Waals surface area contributed by atoms with Crippen LogP contribution in [0.4, 0.5) is 17.6 Å². The first-order valence-corrected chi connectivity index (χ1v) is 9.21. The lowest BCUT2D eigenvalue weighted by Gasteiger charge is -2.15. The van der Waals surface area contributed by atoms with Crippen molar-refractivity contribution in [1.82, 2.24) is 18.6 Å². The summed E-state index contributed by atoms with van der Waals surface area (Å²) < 4.78 is 79.4. The smallest absolute Gasteiger partial charge is 0.292 e. The number of benzene rings is 1. The Hall–Kier alpha value is -2.71. The normalized spacial score (nSPS) is 12.1. The monoisotopic (exact) mass is 458 g/mol. The van der Waals surface area contributed by atoms with E-state index in [0.29, 0.717) is 19.2 Å². The molecule has 2 N–H and O–H groups in total. The maximum Gasteiger partial charge on any atom is 0.431 e. The van der Waals surface area contributed by atoms with Gasteiger partial charge in [0.25, 0.3) is 11.5 Å². The Kier molecular flexibility index (Phi) is 5.92. The van der Waals surface area contributed by atoms with Crippen LogP contribution in [0.2, 0.25) is 5.02 Å². The summed E-state index contributed by atoms with van der Waals surface area (Å²) in [6.07, 6.45) is -5.03. The first-order valence-electron chi connectivity index (χ1n) is 7.35. The van der Waals surface area contributed by atoms with E-state index in [0.717, 1.165) is 7.05 Å². The molecule has 0 aliphatic heterocycles. The maximum atomic E-state index is 14.3. The minimum atomic E-state index is -5.03. The van der Waals surface area contributed by atoms with Gasteiger partial charge in [-0.05, 0) is 12.1 Å². The lowest BCUT2D eigenvalue weighted by Crippen LogP contribution is -2.41. The second-order valence-corrected chi connectivity index (χ2v) is 7.49. The van der Waals surface area contributed by atoms with Gasteiger partial charge in [0.15, 0.2) is 0 Å². The van der Waals surface area contributed by atoms with Gasteiger partial charge in [0.05, 0.1) is 16.3 Å². The second kappa shape index (κ2) is 7.61. The molecule has 9 nitrogen and oxygen atoms in total. The van der Waals surface area contributed by atoms with Crippen LogP contribution in [0, 0.1) is 5.82 Å². The number of aromatic nitrogens is 2. The van der Waals surface area contributed by atoms with E-state index < -0.39 is 61.3 Å². The van der Waals surface area contributed by atoms with Gasteiger partial charge in [0.1, 0.15) is 11.5 Å². The molecule has 1 amide bonds. The maximum absolute atomic E-state index is 14.3. The molecule has 1 heterocycles. The molecule has 0 fully saturated rings. The Bertz CT molecular complexity index is 1220. The first-order chi connectivity index (χ1) is 13.2. The highest BCUT2D eigenvalue weighted by Gasteiger charge is 2.35. The summed E-state index contributed by atoms with van der Waals surface area (Å²) in [6, 6.07) is 1.14. The fraction of sp³-hybridized carbons (Fsp3) is 0.214. The van der Waals surface area contributed by atoms with Crippen molar-refractivity contribution in [1.29, 1.82) is 0 Å². The third kappa shape index (κ3) is 4.49. The number of hydrogen-bond donors (Lipinski definition) is 2. The molecular weight excluding hydrogens is 448 g/mol. The number of carbonyl (C=O) groups excluding carboxylic acids is 1. The number of nitrogens with zero attached hydrogens (tertiary/aromatic N) is 2. The van der Waals surface area contributed by atoms with Crippen molar-refractivity contribution in [2.45, 2.75) is 6.18 Å². The van der Waals surface area contributed by atoms with Crippen LogP contribution < -0.4 is 20.7 Å². The first kappa shape index (κ1) is 22.6. The minimum Gasteiger partial charge on any atom is -0.292 e. The zero-order chi connectivity index (χ0) is 22.3. The van der Waals surface area contributed by atoms with Crippen LogP contribution in [-0.4, -0.2) is 30.5 Å². The van der Waals surface area contributed by atoms with Gasteiger partial charge >= 0.3 is 22.1 Å². The lowest BCUT2D eigenvalue weighted by molar-refractivity contribution is -0.144. The average molecular weight is 459 g/mol. The Morgan fingerprint density at radius 1 is 1.17 bits per heavy atom. The summed E-state index contributed by atoms with van der Waals surface area (Å²) in [6.45, 7) is 0. The summed E-state index contributed by atoms with van der Waals surface area (Å²) >= 11 is 5.72. The number of nitrogens with one attached hydrogen (secondary N) is 2. The van der Waals surface area contributed by atoms with E-state index in [1.165, 1.54) is 4.72 Å². The largest absolute Gasteiger partial charge is 0.431 e. The Morgan fingerprint density at radius 2 is 1.76 bits per heavy atom. The predicted octanol–water partition coefficient (Wildman–Crippen LogP) is 0.541. The van der Waals surface area contributed by atoms with Crippen molar-refractivity contribution < 1.29 is 30.8 Å². The van der Waals surface area contributed by atoms with E-state index in [1.54, 1.807) is 4.72 Å². The SMILES string of the molecule is CNS(=O)(=O)NC(=O)c1cc(-n2c(=O)cc(C(F)(F)F)n(C)c2=O)c(F)cc1Cl. The van der Waals surface area contributed by atoms with Crippen molar-refractivity contribution in [3.8, 4) is 5.69 Å². The van der Waals surface area contributed by atoms with Gasteiger partial charge in [0, 0.05) is 20.2 Å². The van der Waals surface area contributed by atoms with E-state index in [2.05, 4.69) is 0 Å². The van der Waals surface area contributed by atoms with Gasteiger partial charge in [-0.2, -0.15) is 21.6 Å². The second-order valence-electron chi connectivity index (χ2n) is 5.46. The Morgan fingerprint density at radius 3 is 2.28 bits per heavy atom. The highest BCUT2D eigenvalue weighted by Crippen LogP contribution is 2.27. The fourth-order valence-electron chi connectivity index (χ4n) is 2.23. The summed E-state index contributed by atoms with van der Waals surface area (Å²) in [5.41, 5.74) is -6.22. The number of carbonyl (C=O) groups is 1. The van der Waals surface area contributed by atoms with E-state index in [-0.39, 0.29) is 15.2 Å². The predicted molar refractivity (Wildman–Crippen MR) is 92.7 cm³/mol. The van der Waals surface area contributed by atoms with Crippen molar-refractivity contribution in [3.05, 3.63) is 61.1 Å². The van der Waals surface area contributed by atoms with E-state index in [4.69, 9.17) is 11.6 Å². The van der Waals surface area contributed by atoms with Gasteiger partial charge < -0.3 is 0 Å². The highest BCUT2D eigenvalue weighted by molar-refractivity contribution is 7.88. The van der Waals surface area contributed by atoms with Gasteiger partial charge in [0.2, 0.25) is 0 Å². The third-order valence-electron chi connectivity index (χ3n) is 3.63. The quantitative estimate of drug-likeness (QED) is 0.648. The fourth-order valence-corrected chi connectivity index (χ4v) is 2.92. The van der Waals surface area contributed by atoms with Gasteiger partial charge in [-0.3, -0.25) is 14.2 Å². The molecule has 0 spiro atoms. The Balaban J connectivity index is 2.75. The summed E-state index contributed by atoms with van der Waals surface area (Å²) in [5.74, 6) is -2.66. The van der Waals surface area contributed by atoms with Gasteiger partial charge in [-0.15, -0.1) is 0 Å². The third-order valence-corrected chi connectivity index (χ3v) is 4.93. The van der Waals surface area contributed by atoms with Crippen LogP contribution in [-0.2, 0) is 23.4 Å². The number of rotatable bonds is 4. The van der Waals surface area contributed by atoms with Crippen LogP contribution in [0.3, 0.4) is 0 Å². The zero-order valence-electron chi connectivity index (χ0n) is 14.5. The molecule has 2 aromatic rings. The lowest BCUT2D eigenvalue weighted by atomic mass is 10.1. The van der Waals surface area contributed by atoms with E-state index in [1.807, 2.05) is 0 Å². The summed E-state index contributed by atoms with van der Waals surface area (Å²) in [7, 11) is -2.58. The molecule has 0 atom stereocenters. The highest BCUT2D eigenvalue weighted by atomic mass is 35.5. The zero-order valence-corrected chi connectivity index (χ0v) is 16.0. The molecule has 1 aromatic heterocycles. The van der Waals surface area contributed by atoms with E-state index >= 15 is 0 Å². The van der Waals surface area contributed by atoms with Crippen LogP contribution in [0.1, 0.15) is 16.1 Å². The molecule has 0 aliphatic rings. The average Bonchev–Trinajstić information content (AvgIpc) is 2.58. The van der Waals surface area contributed by atoms with Gasteiger partial charge in [-0.1, -0.05) is 11.6 Å². The van der Waals surface area contributed by atoms with Crippen LogP contribution >= 0.6 is 11.6 Å². The molecule has 0 saturated carbocycles. The molecule has 2 rings (SSSR count). The molecule has 1 aromatic carbocycles. The van der Waals surface area contributed by atoms with Crippen LogP contribution in [0.25, 0.3) is 5.69 Å². The molecule has 0 bridgehead atoms. The van der Waals surface area contributed by atoms with Crippen molar-refractivity contribution >= 4 is 27.7 Å². The van der Waals surface area contributed by atoms with E-state index in [9.17, 15) is 40.4 Å². The molecule has 0 aliphatic carbocycles. The van der Waals surface area contributed by atoms with Crippen LogP contribution in [0.5, 0.6) is 0 Å². The van der Waals surface area contributed by atoms with Crippen molar-refractivity contribution in [2.24, 2.45) is 7.05 Å². The number of halogens is 5. The van der Waals surface area contributed by atoms with Crippen LogP contribution in [0.15, 0.2) is 27.8 Å². The molecule has 158 valence electrons. The molecule has 0 radical (unpaired) electrons. The van der Waals surface area contributed by atoms with Crippen molar-refractivity contribution in [2.75, 3.05) is 7.05 Å². The number of hydrogen-bond acceptors (Lipinski definition) is 5. The Labute approximate surface area is 164 Å². The molecule has 0 unspecified atom stereocenters. The minimum absolute atomic E-state index is 0.0459. The number of amides is 1. The summed E-state index contributed by atoms with van der Waals surface area (Å²) in [5, 5.41) is -0.577.